The number of amides is 1. The van der Waals surface area contributed by atoms with Crippen LogP contribution in [0.4, 0.5) is 0 Å². The number of rotatable bonds is 6. The van der Waals surface area contributed by atoms with Crippen LogP contribution in [0.15, 0.2) is 29.2 Å². The van der Waals surface area contributed by atoms with Gasteiger partial charge >= 0.3 is 0 Å². The van der Waals surface area contributed by atoms with Crippen LogP contribution in [0, 0.1) is 12.8 Å². The Morgan fingerprint density at radius 1 is 1.08 bits per heavy atom. The number of carbonyl (C=O) groups is 1. The minimum atomic E-state index is -3.40. The highest BCUT2D eigenvalue weighted by Gasteiger charge is 2.23. The molecular weight excluding hydrogens is 324 g/mol. The molecule has 1 aromatic rings. The van der Waals surface area contributed by atoms with Crippen molar-refractivity contribution in [1.29, 1.82) is 0 Å². The molecule has 2 rings (SSSR count). The van der Waals surface area contributed by atoms with Gasteiger partial charge in [0.1, 0.15) is 0 Å². The second-order valence-electron chi connectivity index (χ2n) is 6.96. The molecule has 24 heavy (non-hydrogen) atoms. The Kier molecular flexibility index (Phi) is 6.40. The van der Waals surface area contributed by atoms with Crippen LogP contribution in [0.5, 0.6) is 0 Å². The van der Waals surface area contributed by atoms with E-state index in [9.17, 15) is 13.2 Å². The maximum Gasteiger partial charge on any atom is 0.223 e. The van der Waals surface area contributed by atoms with E-state index in [-0.39, 0.29) is 18.1 Å². The van der Waals surface area contributed by atoms with E-state index in [4.69, 9.17) is 0 Å². The van der Waals surface area contributed by atoms with Crippen molar-refractivity contribution in [2.75, 3.05) is 38.5 Å². The summed E-state index contributed by atoms with van der Waals surface area (Å²) in [5, 5.41) is 0. The fourth-order valence-electron chi connectivity index (χ4n) is 2.94. The van der Waals surface area contributed by atoms with Crippen molar-refractivity contribution >= 4 is 15.7 Å². The van der Waals surface area contributed by atoms with Gasteiger partial charge in [0.15, 0.2) is 9.84 Å². The van der Waals surface area contributed by atoms with Gasteiger partial charge in [-0.1, -0.05) is 31.5 Å². The van der Waals surface area contributed by atoms with Gasteiger partial charge in [-0.2, -0.15) is 0 Å². The summed E-state index contributed by atoms with van der Waals surface area (Å²) in [5.41, 5.74) is 1.02. The highest BCUT2D eigenvalue weighted by Crippen LogP contribution is 2.14. The summed E-state index contributed by atoms with van der Waals surface area (Å²) in [5.74, 6) is 0.433. The molecule has 1 amide bonds. The Balaban J connectivity index is 1.84. The molecule has 1 aliphatic rings. The zero-order valence-electron chi connectivity index (χ0n) is 14.9. The summed E-state index contributed by atoms with van der Waals surface area (Å²) in [6.45, 7) is 10.5. The first-order chi connectivity index (χ1) is 11.3. The van der Waals surface area contributed by atoms with Gasteiger partial charge in [0, 0.05) is 39.1 Å². The SMILES string of the molecule is Cc1ccc(S(=O)(=O)CCC(=O)N2CCN(CC(C)C)CC2)cc1. The van der Waals surface area contributed by atoms with E-state index >= 15 is 0 Å². The molecule has 1 saturated heterocycles. The number of hydrogen-bond donors (Lipinski definition) is 0. The number of carbonyl (C=O) groups excluding carboxylic acids is 1. The highest BCUT2D eigenvalue weighted by molar-refractivity contribution is 7.91. The summed E-state index contributed by atoms with van der Waals surface area (Å²) in [7, 11) is -3.40. The van der Waals surface area contributed by atoms with E-state index in [0.29, 0.717) is 23.9 Å². The molecule has 5 nitrogen and oxygen atoms in total. The molecule has 1 fully saturated rings. The monoisotopic (exact) mass is 352 g/mol. The van der Waals surface area contributed by atoms with Gasteiger partial charge in [-0.15, -0.1) is 0 Å². The summed E-state index contributed by atoms with van der Waals surface area (Å²) in [6.07, 6.45) is 0.0559. The van der Waals surface area contributed by atoms with Gasteiger partial charge in [-0.25, -0.2) is 8.42 Å². The average Bonchev–Trinajstić information content (AvgIpc) is 2.53. The van der Waals surface area contributed by atoms with Crippen molar-refractivity contribution in [2.45, 2.75) is 32.1 Å². The predicted octanol–water partition coefficient (Wildman–Crippen LogP) is 1.96. The van der Waals surface area contributed by atoms with Crippen molar-refractivity contribution in [3.05, 3.63) is 29.8 Å². The Morgan fingerprint density at radius 3 is 2.21 bits per heavy atom. The van der Waals surface area contributed by atoms with E-state index < -0.39 is 9.84 Å². The van der Waals surface area contributed by atoms with Crippen molar-refractivity contribution in [3.8, 4) is 0 Å². The lowest BCUT2D eigenvalue weighted by atomic mass is 10.2. The van der Waals surface area contributed by atoms with Crippen LogP contribution >= 0.6 is 0 Å². The normalized spacial score (nSPS) is 16.6. The minimum absolute atomic E-state index is 0.0559. The number of piperazine rings is 1. The molecule has 134 valence electrons. The molecule has 0 aromatic heterocycles. The number of benzene rings is 1. The number of hydrogen-bond acceptors (Lipinski definition) is 4. The van der Waals surface area contributed by atoms with E-state index in [2.05, 4.69) is 18.7 Å². The Morgan fingerprint density at radius 2 is 1.67 bits per heavy atom. The molecule has 1 heterocycles. The third kappa shape index (κ3) is 5.31. The second kappa shape index (κ2) is 8.12. The first-order valence-electron chi connectivity index (χ1n) is 8.57. The van der Waals surface area contributed by atoms with Crippen LogP contribution in [-0.4, -0.2) is 62.6 Å². The molecule has 0 bridgehead atoms. The van der Waals surface area contributed by atoms with Gasteiger partial charge in [0.25, 0.3) is 0 Å². The first kappa shape index (κ1) is 18.9. The van der Waals surface area contributed by atoms with Gasteiger partial charge < -0.3 is 4.90 Å². The molecular formula is C18H28N2O3S. The van der Waals surface area contributed by atoms with E-state index in [1.807, 2.05) is 6.92 Å². The molecule has 0 aliphatic carbocycles. The van der Waals surface area contributed by atoms with E-state index in [0.717, 1.165) is 25.2 Å². The molecule has 0 saturated carbocycles. The zero-order valence-corrected chi connectivity index (χ0v) is 15.7. The highest BCUT2D eigenvalue weighted by atomic mass is 32.2. The third-order valence-electron chi connectivity index (χ3n) is 4.31. The molecule has 0 atom stereocenters. The summed E-state index contributed by atoms with van der Waals surface area (Å²) >= 11 is 0. The van der Waals surface area contributed by atoms with E-state index in [1.165, 1.54) is 0 Å². The van der Waals surface area contributed by atoms with Crippen LogP contribution in [0.2, 0.25) is 0 Å². The average molecular weight is 353 g/mol. The largest absolute Gasteiger partial charge is 0.340 e. The van der Waals surface area contributed by atoms with Crippen LogP contribution in [0.1, 0.15) is 25.8 Å². The van der Waals surface area contributed by atoms with Crippen molar-refractivity contribution in [1.82, 2.24) is 9.80 Å². The Labute approximate surface area is 145 Å². The molecule has 6 heteroatoms. The van der Waals surface area contributed by atoms with Crippen LogP contribution in [0.3, 0.4) is 0 Å². The molecule has 0 N–H and O–H groups in total. The Hall–Kier alpha value is -1.40. The van der Waals surface area contributed by atoms with Gasteiger partial charge in [-0.05, 0) is 25.0 Å². The predicted molar refractivity (Wildman–Crippen MR) is 95.7 cm³/mol. The van der Waals surface area contributed by atoms with Gasteiger partial charge in [0.05, 0.1) is 10.6 Å². The van der Waals surface area contributed by atoms with E-state index in [1.54, 1.807) is 29.2 Å². The van der Waals surface area contributed by atoms with Gasteiger partial charge in [-0.3, -0.25) is 9.69 Å². The fourth-order valence-corrected chi connectivity index (χ4v) is 4.17. The number of sulfone groups is 1. The smallest absolute Gasteiger partial charge is 0.223 e. The lowest BCUT2D eigenvalue weighted by Crippen LogP contribution is -2.49. The maximum atomic E-state index is 12.3. The fraction of sp³-hybridized carbons (Fsp3) is 0.611. The third-order valence-corrected chi connectivity index (χ3v) is 6.05. The summed E-state index contributed by atoms with van der Waals surface area (Å²) in [4.78, 5) is 16.7. The lowest BCUT2D eigenvalue weighted by molar-refractivity contribution is -0.132. The second-order valence-corrected chi connectivity index (χ2v) is 9.07. The van der Waals surface area contributed by atoms with Crippen molar-refractivity contribution in [3.63, 3.8) is 0 Å². The van der Waals surface area contributed by atoms with Crippen molar-refractivity contribution in [2.24, 2.45) is 5.92 Å². The molecule has 0 spiro atoms. The zero-order chi connectivity index (χ0) is 17.7. The minimum Gasteiger partial charge on any atom is -0.340 e. The van der Waals surface area contributed by atoms with Crippen LogP contribution in [0.25, 0.3) is 0 Å². The quantitative estimate of drug-likeness (QED) is 0.785. The standard InChI is InChI=1S/C18H28N2O3S/c1-15(2)14-19-9-11-20(12-10-19)18(21)8-13-24(22,23)17-6-4-16(3)5-7-17/h4-7,15H,8-14H2,1-3H3. The number of nitrogens with zero attached hydrogens (tertiary/aromatic N) is 2. The lowest BCUT2D eigenvalue weighted by Gasteiger charge is -2.35. The van der Waals surface area contributed by atoms with Crippen molar-refractivity contribution < 1.29 is 13.2 Å². The number of aryl methyl sites for hydroxylation is 1. The van der Waals surface area contributed by atoms with Crippen LogP contribution in [-0.2, 0) is 14.6 Å². The molecule has 1 aromatic carbocycles. The first-order valence-corrected chi connectivity index (χ1v) is 10.2. The topological polar surface area (TPSA) is 57.7 Å². The summed E-state index contributed by atoms with van der Waals surface area (Å²) in [6, 6.07) is 6.78. The van der Waals surface area contributed by atoms with Crippen LogP contribution < -0.4 is 0 Å². The molecule has 1 aliphatic heterocycles. The van der Waals surface area contributed by atoms with Gasteiger partial charge in [0.2, 0.25) is 5.91 Å². The Bertz CT molecular complexity index is 645. The molecule has 0 radical (unpaired) electrons. The molecule has 0 unspecified atom stereocenters. The maximum absolute atomic E-state index is 12.3. The summed E-state index contributed by atoms with van der Waals surface area (Å²) < 4.78 is 24.7.